The van der Waals surface area contributed by atoms with Gasteiger partial charge in [0.05, 0.1) is 11.3 Å². The van der Waals surface area contributed by atoms with Crippen LogP contribution in [0, 0.1) is 0 Å². The van der Waals surface area contributed by atoms with Crippen LogP contribution >= 0.6 is 11.8 Å². The van der Waals surface area contributed by atoms with Crippen LogP contribution in [0.2, 0.25) is 0 Å². The van der Waals surface area contributed by atoms with Crippen molar-refractivity contribution in [1.29, 1.82) is 0 Å². The third-order valence-corrected chi connectivity index (χ3v) is 5.06. The average Bonchev–Trinajstić information content (AvgIpc) is 3.35. The fourth-order valence-corrected chi connectivity index (χ4v) is 3.32. The van der Waals surface area contributed by atoms with Crippen LogP contribution in [0.15, 0.2) is 43.7 Å². The van der Waals surface area contributed by atoms with Crippen molar-refractivity contribution in [3.63, 3.8) is 0 Å². The van der Waals surface area contributed by atoms with Crippen molar-refractivity contribution < 1.29 is 27.8 Å². The molecule has 0 fully saturated rings. The van der Waals surface area contributed by atoms with Gasteiger partial charge in [-0.05, 0) is 34.9 Å². The molecule has 3 N–H and O–H groups in total. The van der Waals surface area contributed by atoms with E-state index < -0.39 is 17.4 Å². The van der Waals surface area contributed by atoms with Crippen molar-refractivity contribution in [3.05, 3.63) is 51.8 Å². The first kappa shape index (κ1) is 23.2. The van der Waals surface area contributed by atoms with Gasteiger partial charge in [0.1, 0.15) is 0 Å². The molecule has 0 spiro atoms. The lowest BCUT2D eigenvalue weighted by atomic mass is 10.2. The smallest absolute Gasteiger partial charge is 0.291 e. The molecular weight excluding hydrogens is 455 g/mol. The Hall–Kier alpha value is -3.46. The Morgan fingerprint density at radius 1 is 1.38 bits per heavy atom. The molecule has 0 saturated carbocycles. The molecule has 0 aliphatic rings. The summed E-state index contributed by atoms with van der Waals surface area (Å²) in [6, 6.07) is 4.21. The van der Waals surface area contributed by atoms with Crippen molar-refractivity contribution in [3.8, 4) is 0 Å². The predicted octanol–water partition coefficient (Wildman–Crippen LogP) is 2.32. The van der Waals surface area contributed by atoms with Crippen LogP contribution in [0.4, 0.5) is 18.9 Å². The molecule has 0 unspecified atom stereocenters. The minimum Gasteiger partial charge on any atom is -0.291 e. The number of carbonyl (C=O) groups is 1. The van der Waals surface area contributed by atoms with Crippen LogP contribution in [-0.4, -0.2) is 47.7 Å². The number of alkyl halides is 3. The number of nitrogens with zero attached hydrogens (tertiary/aromatic N) is 5. The largest absolute Gasteiger partial charge is 0.416 e. The summed E-state index contributed by atoms with van der Waals surface area (Å²) in [6.07, 6.45) is -4.06. The quantitative estimate of drug-likeness (QED) is 0.112. The molecule has 0 saturated heterocycles. The van der Waals surface area contributed by atoms with E-state index in [1.54, 1.807) is 5.48 Å². The number of amidine groups is 1. The fourth-order valence-electron chi connectivity index (χ4n) is 2.48. The number of hydrogen-bond donors (Lipinski definition) is 3. The van der Waals surface area contributed by atoms with Crippen molar-refractivity contribution in [2.75, 3.05) is 5.75 Å². The highest BCUT2D eigenvalue weighted by atomic mass is 32.2. The molecule has 11 nitrogen and oxygen atoms in total. The van der Waals surface area contributed by atoms with E-state index in [2.05, 4.69) is 30.0 Å². The summed E-state index contributed by atoms with van der Waals surface area (Å²) in [5.41, 5.74) is 0.292. The zero-order valence-corrected chi connectivity index (χ0v) is 17.2. The van der Waals surface area contributed by atoms with Gasteiger partial charge in [0.25, 0.3) is 0 Å². The van der Waals surface area contributed by atoms with E-state index in [0.717, 1.165) is 28.6 Å². The van der Waals surface area contributed by atoms with Crippen molar-refractivity contribution in [1.82, 2.24) is 30.6 Å². The molecule has 0 amide bonds. The Morgan fingerprint density at radius 3 is 2.81 bits per heavy atom. The van der Waals surface area contributed by atoms with Gasteiger partial charge in [-0.3, -0.25) is 20.5 Å². The number of halogens is 3. The zero-order valence-electron chi connectivity index (χ0n) is 16.4. The summed E-state index contributed by atoms with van der Waals surface area (Å²) in [5, 5.41) is 20.7. The molecule has 15 heteroatoms. The van der Waals surface area contributed by atoms with Crippen molar-refractivity contribution in [2.45, 2.75) is 24.0 Å². The average molecular weight is 471 g/mol. The molecule has 0 aliphatic heterocycles. The second kappa shape index (κ2) is 9.78. The third kappa shape index (κ3) is 5.61. The number of aromatic amines is 1. The number of nitrogens with one attached hydrogen (secondary N) is 2. The number of Topliss-reactive ketones (excluding diaryl/α,β-unsaturated/α-hetero) is 1. The van der Waals surface area contributed by atoms with Gasteiger partial charge in [-0.1, -0.05) is 6.07 Å². The van der Waals surface area contributed by atoms with E-state index >= 15 is 0 Å². The highest BCUT2D eigenvalue weighted by molar-refractivity contribution is 7.99. The van der Waals surface area contributed by atoms with E-state index in [1.807, 2.05) is 0 Å². The van der Waals surface area contributed by atoms with E-state index in [9.17, 15) is 28.0 Å². The molecule has 0 radical (unpaired) electrons. The maximum absolute atomic E-state index is 12.9. The van der Waals surface area contributed by atoms with Gasteiger partial charge in [0.2, 0.25) is 0 Å². The number of ketones is 1. The monoisotopic (exact) mass is 471 g/mol. The Labute approximate surface area is 181 Å². The van der Waals surface area contributed by atoms with Gasteiger partial charge in [0, 0.05) is 19.2 Å². The first-order valence-corrected chi connectivity index (χ1v) is 9.96. The minimum atomic E-state index is -4.55. The van der Waals surface area contributed by atoms with Crippen LogP contribution < -0.4 is 11.2 Å². The number of carbonyl (C=O) groups excluding carboxylic acids is 1. The first-order chi connectivity index (χ1) is 15.2. The number of H-pyrrole nitrogens is 1. The number of aryl methyl sites for hydroxylation is 1. The molecule has 1 aromatic carbocycles. The number of aliphatic imine (C=N–C) groups is 1. The standard InChI is InChI=1S/C17H16F3N7O4S/c1-27-16(29)22-13(23-27)11(28)6-3-7-32-15-12(25-31-26-15)14(24-30)21-10-5-2-4-9(8-10)17(18,19)20/h2,4-5,8,30H,3,6-7H2,1H3,(H,21,24)(H,22,23,29). The molecule has 32 heavy (non-hydrogen) atoms. The van der Waals surface area contributed by atoms with Crippen LogP contribution in [0.3, 0.4) is 0 Å². The molecule has 2 aromatic heterocycles. The summed E-state index contributed by atoms with van der Waals surface area (Å²) in [4.78, 5) is 29.7. The number of benzene rings is 1. The zero-order chi connectivity index (χ0) is 23.3. The van der Waals surface area contributed by atoms with Gasteiger partial charge in [-0.15, -0.1) is 16.9 Å². The van der Waals surface area contributed by atoms with Crippen LogP contribution in [0.1, 0.15) is 34.7 Å². The normalized spacial score (nSPS) is 12.2. The minimum absolute atomic E-state index is 0.0182. The maximum atomic E-state index is 12.9. The number of thioether (sulfide) groups is 1. The second-order valence-electron chi connectivity index (χ2n) is 6.32. The van der Waals surface area contributed by atoms with Gasteiger partial charge >= 0.3 is 11.9 Å². The summed E-state index contributed by atoms with van der Waals surface area (Å²) in [7, 11) is 1.41. The fraction of sp³-hybridized carbons (Fsp3) is 0.294. The summed E-state index contributed by atoms with van der Waals surface area (Å²) in [5.74, 6) is -0.265. The molecule has 0 atom stereocenters. The van der Waals surface area contributed by atoms with Gasteiger partial charge in [-0.2, -0.15) is 13.2 Å². The van der Waals surface area contributed by atoms with E-state index in [4.69, 9.17) is 0 Å². The third-order valence-electron chi connectivity index (χ3n) is 4.02. The molecule has 2 heterocycles. The topological polar surface area (TPSA) is 151 Å². The summed E-state index contributed by atoms with van der Waals surface area (Å²) >= 11 is 1.13. The lowest BCUT2D eigenvalue weighted by Crippen LogP contribution is -2.21. The maximum Gasteiger partial charge on any atom is 0.416 e. The Morgan fingerprint density at radius 2 is 2.16 bits per heavy atom. The van der Waals surface area contributed by atoms with E-state index in [-0.39, 0.29) is 40.3 Å². The van der Waals surface area contributed by atoms with Gasteiger partial charge < -0.3 is 0 Å². The molecule has 170 valence electrons. The molecule has 3 rings (SSSR count). The van der Waals surface area contributed by atoms with Crippen LogP contribution in [-0.2, 0) is 13.2 Å². The molecular formula is C17H16F3N7O4S. The van der Waals surface area contributed by atoms with Crippen LogP contribution in [0.25, 0.3) is 0 Å². The number of aromatic nitrogens is 5. The summed E-state index contributed by atoms with van der Waals surface area (Å²) < 4.78 is 44.3. The lowest BCUT2D eigenvalue weighted by molar-refractivity contribution is -0.137. The van der Waals surface area contributed by atoms with Gasteiger partial charge in [-0.25, -0.2) is 19.1 Å². The van der Waals surface area contributed by atoms with Gasteiger partial charge in [0.15, 0.2) is 28.2 Å². The predicted molar refractivity (Wildman–Crippen MR) is 105 cm³/mol. The second-order valence-corrected chi connectivity index (χ2v) is 7.40. The Kier molecular flexibility index (Phi) is 7.09. The molecule has 0 bridgehead atoms. The Bertz CT molecular complexity index is 1190. The first-order valence-electron chi connectivity index (χ1n) is 8.97. The summed E-state index contributed by atoms with van der Waals surface area (Å²) in [6.45, 7) is 0. The van der Waals surface area contributed by atoms with Crippen LogP contribution in [0.5, 0.6) is 0 Å². The van der Waals surface area contributed by atoms with Crippen molar-refractivity contribution >= 4 is 29.1 Å². The van der Waals surface area contributed by atoms with E-state index in [0.29, 0.717) is 12.2 Å². The molecule has 3 aromatic rings. The Balaban J connectivity index is 1.65. The lowest BCUT2D eigenvalue weighted by Gasteiger charge is -2.07. The number of hydrogen-bond acceptors (Lipinski definition) is 9. The number of rotatable bonds is 8. The molecule has 0 aliphatic carbocycles. The SMILES string of the molecule is Cn1nc(C(=O)CCCSc2nonc2C(=Nc2cccc(C(F)(F)F)c2)NO)[nH]c1=O. The number of hydroxylamine groups is 1. The van der Waals surface area contributed by atoms with E-state index in [1.165, 1.54) is 19.2 Å². The van der Waals surface area contributed by atoms with Crippen molar-refractivity contribution in [2.24, 2.45) is 12.0 Å². The highest BCUT2D eigenvalue weighted by Crippen LogP contribution is 2.31. The highest BCUT2D eigenvalue weighted by Gasteiger charge is 2.30.